The summed E-state index contributed by atoms with van der Waals surface area (Å²) in [6, 6.07) is 17.2. The van der Waals surface area contributed by atoms with Crippen LogP contribution in [0.3, 0.4) is 0 Å². The molecule has 0 fully saturated rings. The van der Waals surface area contributed by atoms with Crippen molar-refractivity contribution in [3.8, 4) is 16.9 Å². The first-order valence-corrected chi connectivity index (χ1v) is 9.73. The summed E-state index contributed by atoms with van der Waals surface area (Å²) in [5, 5.41) is 2.40. The first-order chi connectivity index (χ1) is 13.8. The molecule has 4 aromatic carbocycles. The molecule has 1 unspecified atom stereocenters. The normalized spacial score (nSPS) is 13.0. The summed E-state index contributed by atoms with van der Waals surface area (Å²) in [4.78, 5) is 0.161. The molecule has 0 saturated carbocycles. The van der Waals surface area contributed by atoms with Gasteiger partial charge in [-0.3, -0.25) is 0 Å². The number of ether oxygens (including phenoxy) is 1. The zero-order valence-corrected chi connectivity index (χ0v) is 16.0. The lowest BCUT2D eigenvalue weighted by molar-refractivity contribution is -0.137. The van der Waals surface area contributed by atoms with Crippen molar-refractivity contribution in [3.05, 3.63) is 72.3 Å². The Hall–Kier alpha value is -2.90. The molecule has 0 bridgehead atoms. The molecule has 29 heavy (non-hydrogen) atoms. The summed E-state index contributed by atoms with van der Waals surface area (Å²) in [6.45, 7) is 0. The summed E-state index contributed by atoms with van der Waals surface area (Å²) in [6.07, 6.45) is -4.47. The molecule has 0 spiro atoms. The minimum Gasteiger partial charge on any atom is -0.496 e. The minimum absolute atomic E-state index is 0.161. The van der Waals surface area contributed by atoms with Crippen molar-refractivity contribution in [2.24, 2.45) is 0 Å². The van der Waals surface area contributed by atoms with Crippen LogP contribution in [0.5, 0.6) is 5.75 Å². The lowest BCUT2D eigenvalue weighted by atomic mass is 9.92. The number of fused-ring (bicyclic) bond motifs is 2. The Morgan fingerprint density at radius 1 is 0.862 bits per heavy atom. The Balaban J connectivity index is 2.16. The zero-order valence-electron chi connectivity index (χ0n) is 15.2. The zero-order chi connectivity index (χ0) is 20.8. The van der Waals surface area contributed by atoms with E-state index in [0.717, 1.165) is 17.5 Å². The van der Waals surface area contributed by atoms with Crippen LogP contribution in [-0.4, -0.2) is 15.9 Å². The summed E-state index contributed by atoms with van der Waals surface area (Å²) >= 11 is -2.30. The Kier molecular flexibility index (Phi) is 4.80. The summed E-state index contributed by atoms with van der Waals surface area (Å²) in [7, 11) is 1.45. The number of alkyl halides is 3. The van der Waals surface area contributed by atoms with Crippen LogP contribution in [0.1, 0.15) is 5.56 Å². The molecule has 0 aromatic heterocycles. The third kappa shape index (κ3) is 3.36. The van der Waals surface area contributed by atoms with E-state index in [1.54, 1.807) is 30.3 Å². The Labute approximate surface area is 167 Å². The van der Waals surface area contributed by atoms with Crippen LogP contribution in [-0.2, 0) is 17.3 Å². The molecule has 0 aliphatic heterocycles. The van der Waals surface area contributed by atoms with Crippen molar-refractivity contribution >= 4 is 32.6 Å². The molecule has 148 valence electrons. The second-order valence-corrected chi connectivity index (χ2v) is 7.42. The predicted molar refractivity (Wildman–Crippen MR) is 107 cm³/mol. The molecule has 0 amide bonds. The van der Waals surface area contributed by atoms with Gasteiger partial charge in [0.1, 0.15) is 5.75 Å². The van der Waals surface area contributed by atoms with Crippen molar-refractivity contribution in [1.82, 2.24) is 0 Å². The van der Waals surface area contributed by atoms with E-state index in [0.29, 0.717) is 33.0 Å². The fourth-order valence-corrected chi connectivity index (χ4v) is 4.14. The van der Waals surface area contributed by atoms with Gasteiger partial charge in [-0.2, -0.15) is 13.2 Å². The Morgan fingerprint density at radius 2 is 1.55 bits per heavy atom. The number of hydrogen-bond acceptors (Lipinski definition) is 2. The van der Waals surface area contributed by atoms with E-state index in [4.69, 9.17) is 4.74 Å². The average Bonchev–Trinajstić information content (AvgIpc) is 2.70. The third-order valence-corrected chi connectivity index (χ3v) is 5.57. The van der Waals surface area contributed by atoms with Gasteiger partial charge < -0.3 is 9.29 Å². The van der Waals surface area contributed by atoms with Gasteiger partial charge in [-0.25, -0.2) is 4.21 Å². The van der Waals surface area contributed by atoms with Gasteiger partial charge in [0.05, 0.1) is 17.6 Å². The maximum absolute atomic E-state index is 13.2. The van der Waals surface area contributed by atoms with Crippen LogP contribution in [0.15, 0.2) is 71.6 Å². The van der Waals surface area contributed by atoms with Crippen molar-refractivity contribution in [2.45, 2.75) is 11.1 Å². The van der Waals surface area contributed by atoms with Crippen molar-refractivity contribution in [3.63, 3.8) is 0 Å². The van der Waals surface area contributed by atoms with Gasteiger partial charge in [0.25, 0.3) is 0 Å². The van der Waals surface area contributed by atoms with Gasteiger partial charge in [-0.15, -0.1) is 0 Å². The summed E-state index contributed by atoms with van der Waals surface area (Å²) in [5.41, 5.74) is 0.184. The maximum atomic E-state index is 13.2. The standard InChI is InChI=1S/C22H15F3O3S/c1-28-18-10-6-14-12-15(22(23,24)25)8-9-17(14)20(18)21-16-5-3-2-4-13(16)7-11-19(21)29(26)27/h2-12H,1H3,(H,26,27). The SMILES string of the molecule is COc1ccc2cc(C(F)(F)F)ccc2c1-c1c(S(=O)O)ccc2ccccc12. The van der Waals surface area contributed by atoms with E-state index in [9.17, 15) is 21.9 Å². The molecule has 4 aromatic rings. The van der Waals surface area contributed by atoms with E-state index in [-0.39, 0.29) is 4.90 Å². The lowest BCUT2D eigenvalue weighted by Gasteiger charge is -2.18. The first-order valence-electron chi connectivity index (χ1n) is 8.62. The van der Waals surface area contributed by atoms with Gasteiger partial charge >= 0.3 is 6.18 Å². The van der Waals surface area contributed by atoms with Gasteiger partial charge in [-0.1, -0.05) is 42.5 Å². The molecule has 0 aliphatic carbocycles. The number of methoxy groups -OCH3 is 1. The minimum atomic E-state index is -4.47. The topological polar surface area (TPSA) is 46.5 Å². The van der Waals surface area contributed by atoms with Crippen LogP contribution in [0.2, 0.25) is 0 Å². The highest BCUT2D eigenvalue weighted by Crippen LogP contribution is 2.44. The van der Waals surface area contributed by atoms with Crippen molar-refractivity contribution in [2.75, 3.05) is 7.11 Å². The number of rotatable bonds is 3. The molecule has 0 saturated heterocycles. The molecule has 7 heteroatoms. The molecule has 3 nitrogen and oxygen atoms in total. The number of benzene rings is 4. The van der Waals surface area contributed by atoms with Gasteiger partial charge in [0.2, 0.25) is 0 Å². The molecule has 0 radical (unpaired) electrons. The summed E-state index contributed by atoms with van der Waals surface area (Å²) < 4.78 is 67.0. The van der Waals surface area contributed by atoms with E-state index in [1.165, 1.54) is 13.2 Å². The Bertz CT molecular complexity index is 1270. The van der Waals surface area contributed by atoms with Crippen LogP contribution in [0.25, 0.3) is 32.7 Å². The van der Waals surface area contributed by atoms with Gasteiger partial charge in [0, 0.05) is 11.1 Å². The highest BCUT2D eigenvalue weighted by atomic mass is 32.2. The fourth-order valence-electron chi connectivity index (χ4n) is 3.57. The highest BCUT2D eigenvalue weighted by Gasteiger charge is 2.31. The van der Waals surface area contributed by atoms with Gasteiger partial charge in [0.15, 0.2) is 11.1 Å². The molecule has 1 N–H and O–H groups in total. The highest BCUT2D eigenvalue weighted by molar-refractivity contribution is 7.79. The third-order valence-electron chi connectivity index (χ3n) is 4.86. The second kappa shape index (κ2) is 7.17. The smallest absolute Gasteiger partial charge is 0.416 e. The largest absolute Gasteiger partial charge is 0.496 e. The van der Waals surface area contributed by atoms with E-state index in [2.05, 4.69) is 0 Å². The molecular formula is C22H15F3O3S. The second-order valence-electron chi connectivity index (χ2n) is 6.49. The van der Waals surface area contributed by atoms with Crippen LogP contribution in [0.4, 0.5) is 13.2 Å². The van der Waals surface area contributed by atoms with Crippen molar-refractivity contribution < 1.29 is 26.7 Å². The molecule has 0 aliphatic rings. The molecular weight excluding hydrogens is 401 g/mol. The summed E-state index contributed by atoms with van der Waals surface area (Å²) in [5.74, 6) is 0.403. The van der Waals surface area contributed by atoms with Crippen molar-refractivity contribution in [1.29, 1.82) is 0 Å². The molecule has 1 atom stereocenters. The van der Waals surface area contributed by atoms with Crippen LogP contribution < -0.4 is 4.74 Å². The molecule has 4 rings (SSSR count). The maximum Gasteiger partial charge on any atom is 0.416 e. The first kappa shape index (κ1) is 19.4. The van der Waals surface area contributed by atoms with E-state index in [1.807, 2.05) is 18.2 Å². The average molecular weight is 416 g/mol. The van der Waals surface area contributed by atoms with E-state index >= 15 is 0 Å². The van der Waals surface area contributed by atoms with Gasteiger partial charge in [-0.05, 0) is 45.8 Å². The predicted octanol–water partition coefficient (Wildman–Crippen LogP) is 6.27. The molecule has 0 heterocycles. The van der Waals surface area contributed by atoms with E-state index < -0.39 is 22.8 Å². The fraction of sp³-hybridized carbons (Fsp3) is 0.0909. The monoisotopic (exact) mass is 416 g/mol. The number of halogens is 3. The van der Waals surface area contributed by atoms with Crippen LogP contribution in [0, 0.1) is 0 Å². The quantitative estimate of drug-likeness (QED) is 0.401. The Morgan fingerprint density at radius 3 is 2.24 bits per heavy atom. The van der Waals surface area contributed by atoms with Crippen LogP contribution >= 0.6 is 0 Å². The lowest BCUT2D eigenvalue weighted by Crippen LogP contribution is -2.04. The number of hydrogen-bond donors (Lipinski definition) is 1.